The standard InChI is InChI=1S/C11H15N3O2S.ClH/c1-9(13)5-6-14-17(15,16)11-4-2-3-10(7-11)8-12;/h2-4,7,9,14H,5-6,13H2,1H3;1H. The Balaban J connectivity index is 0.00000289. The number of halogens is 1. The number of nitrogens with zero attached hydrogens (tertiary/aromatic N) is 1. The van der Waals surface area contributed by atoms with Gasteiger partial charge in [0.1, 0.15) is 0 Å². The molecular weight excluding hydrogens is 274 g/mol. The van der Waals surface area contributed by atoms with E-state index in [-0.39, 0.29) is 29.9 Å². The molecule has 1 aromatic rings. The van der Waals surface area contributed by atoms with Crippen LogP contribution in [0.5, 0.6) is 0 Å². The topological polar surface area (TPSA) is 96.0 Å². The second-order valence-electron chi connectivity index (χ2n) is 3.80. The molecule has 0 amide bonds. The maximum absolute atomic E-state index is 11.8. The SMILES string of the molecule is CC(N)CCNS(=O)(=O)c1cccc(C#N)c1.Cl. The molecule has 0 aromatic heterocycles. The largest absolute Gasteiger partial charge is 0.328 e. The van der Waals surface area contributed by atoms with Gasteiger partial charge >= 0.3 is 0 Å². The first-order chi connectivity index (χ1) is 7.95. The molecule has 1 aromatic carbocycles. The first kappa shape index (κ1) is 16.9. The van der Waals surface area contributed by atoms with Gasteiger partial charge in [-0.05, 0) is 31.5 Å². The van der Waals surface area contributed by atoms with Gasteiger partial charge in [-0.2, -0.15) is 5.26 Å². The number of hydrogen-bond donors (Lipinski definition) is 2. The maximum atomic E-state index is 11.8. The average Bonchev–Trinajstić information content (AvgIpc) is 2.28. The Labute approximate surface area is 113 Å². The predicted octanol–water partition coefficient (Wildman–Crippen LogP) is 0.996. The lowest BCUT2D eigenvalue weighted by Gasteiger charge is -2.08. The lowest BCUT2D eigenvalue weighted by Crippen LogP contribution is -2.29. The van der Waals surface area contributed by atoms with E-state index in [1.807, 2.05) is 13.0 Å². The Morgan fingerprint density at radius 2 is 2.17 bits per heavy atom. The van der Waals surface area contributed by atoms with Crippen LogP contribution < -0.4 is 10.5 Å². The van der Waals surface area contributed by atoms with Crippen LogP contribution in [0.2, 0.25) is 0 Å². The minimum atomic E-state index is -3.55. The van der Waals surface area contributed by atoms with Crippen molar-refractivity contribution in [2.75, 3.05) is 6.54 Å². The minimum Gasteiger partial charge on any atom is -0.328 e. The zero-order valence-corrected chi connectivity index (χ0v) is 11.6. The van der Waals surface area contributed by atoms with Crippen LogP contribution in [0.25, 0.3) is 0 Å². The zero-order chi connectivity index (χ0) is 12.9. The Hall–Kier alpha value is -1.13. The number of nitriles is 1. The zero-order valence-electron chi connectivity index (χ0n) is 9.96. The van der Waals surface area contributed by atoms with E-state index in [9.17, 15) is 8.42 Å². The van der Waals surface area contributed by atoms with Crippen LogP contribution >= 0.6 is 12.4 Å². The first-order valence-electron chi connectivity index (χ1n) is 5.21. The molecule has 0 fully saturated rings. The highest BCUT2D eigenvalue weighted by atomic mass is 35.5. The number of benzene rings is 1. The molecule has 5 nitrogen and oxygen atoms in total. The minimum absolute atomic E-state index is 0. The van der Waals surface area contributed by atoms with E-state index in [1.165, 1.54) is 12.1 Å². The molecule has 0 saturated heterocycles. The summed E-state index contributed by atoms with van der Waals surface area (Å²) in [5, 5.41) is 8.69. The molecule has 0 heterocycles. The van der Waals surface area contributed by atoms with Crippen molar-refractivity contribution in [1.82, 2.24) is 4.72 Å². The molecule has 0 bridgehead atoms. The molecule has 0 spiro atoms. The highest BCUT2D eigenvalue weighted by Crippen LogP contribution is 2.10. The quantitative estimate of drug-likeness (QED) is 0.845. The van der Waals surface area contributed by atoms with Gasteiger partial charge in [-0.1, -0.05) is 6.07 Å². The van der Waals surface area contributed by atoms with Gasteiger partial charge < -0.3 is 5.73 Å². The van der Waals surface area contributed by atoms with E-state index in [0.29, 0.717) is 12.0 Å². The molecule has 0 aliphatic carbocycles. The summed E-state index contributed by atoms with van der Waals surface area (Å²) in [6.45, 7) is 2.10. The summed E-state index contributed by atoms with van der Waals surface area (Å²) in [5.74, 6) is 0. The molecule has 1 rings (SSSR count). The summed E-state index contributed by atoms with van der Waals surface area (Å²) in [6, 6.07) is 7.74. The lowest BCUT2D eigenvalue weighted by molar-refractivity contribution is 0.572. The Morgan fingerprint density at radius 3 is 2.72 bits per heavy atom. The molecule has 3 N–H and O–H groups in total. The van der Waals surface area contributed by atoms with Crippen molar-refractivity contribution in [3.05, 3.63) is 29.8 Å². The van der Waals surface area contributed by atoms with Crippen molar-refractivity contribution in [2.45, 2.75) is 24.3 Å². The Bertz CT molecular complexity index is 523. The van der Waals surface area contributed by atoms with Gasteiger partial charge in [0.25, 0.3) is 0 Å². The van der Waals surface area contributed by atoms with Gasteiger partial charge in [0, 0.05) is 12.6 Å². The van der Waals surface area contributed by atoms with E-state index >= 15 is 0 Å². The van der Waals surface area contributed by atoms with Crippen LogP contribution in [0.1, 0.15) is 18.9 Å². The van der Waals surface area contributed by atoms with Gasteiger partial charge in [0.05, 0.1) is 16.5 Å². The van der Waals surface area contributed by atoms with Gasteiger partial charge in [-0.3, -0.25) is 0 Å². The smallest absolute Gasteiger partial charge is 0.240 e. The van der Waals surface area contributed by atoms with E-state index in [1.54, 1.807) is 12.1 Å². The van der Waals surface area contributed by atoms with E-state index in [0.717, 1.165) is 0 Å². The van der Waals surface area contributed by atoms with Gasteiger partial charge in [-0.15, -0.1) is 12.4 Å². The second kappa shape index (κ2) is 7.34. The van der Waals surface area contributed by atoms with Gasteiger partial charge in [0.2, 0.25) is 10.0 Å². The third-order valence-electron chi connectivity index (χ3n) is 2.17. The Morgan fingerprint density at radius 1 is 1.50 bits per heavy atom. The highest BCUT2D eigenvalue weighted by Gasteiger charge is 2.13. The predicted molar refractivity (Wildman–Crippen MR) is 71.9 cm³/mol. The summed E-state index contributed by atoms with van der Waals surface area (Å²) in [7, 11) is -3.55. The fourth-order valence-corrected chi connectivity index (χ4v) is 2.33. The second-order valence-corrected chi connectivity index (χ2v) is 5.57. The first-order valence-corrected chi connectivity index (χ1v) is 6.69. The monoisotopic (exact) mass is 289 g/mol. The normalized spacial score (nSPS) is 12.3. The third kappa shape index (κ3) is 5.02. The van der Waals surface area contributed by atoms with Crippen LogP contribution in [-0.2, 0) is 10.0 Å². The molecular formula is C11H16ClN3O2S. The number of sulfonamides is 1. The summed E-state index contributed by atoms with van der Waals surface area (Å²) in [6.07, 6.45) is 0.567. The van der Waals surface area contributed by atoms with Crippen molar-refractivity contribution in [3.8, 4) is 6.07 Å². The van der Waals surface area contributed by atoms with Crippen LogP contribution in [0.3, 0.4) is 0 Å². The van der Waals surface area contributed by atoms with E-state index in [4.69, 9.17) is 11.0 Å². The number of hydrogen-bond acceptors (Lipinski definition) is 4. The fourth-order valence-electron chi connectivity index (χ4n) is 1.24. The number of rotatable bonds is 5. The molecule has 1 unspecified atom stereocenters. The molecule has 18 heavy (non-hydrogen) atoms. The average molecular weight is 290 g/mol. The number of nitrogens with one attached hydrogen (secondary N) is 1. The molecule has 0 saturated carbocycles. The third-order valence-corrected chi connectivity index (χ3v) is 3.62. The van der Waals surface area contributed by atoms with Crippen LogP contribution in [0.4, 0.5) is 0 Å². The number of nitrogens with two attached hydrogens (primary N) is 1. The lowest BCUT2D eigenvalue weighted by atomic mass is 10.2. The summed E-state index contributed by atoms with van der Waals surface area (Å²) in [4.78, 5) is 0.0984. The highest BCUT2D eigenvalue weighted by molar-refractivity contribution is 7.89. The van der Waals surface area contributed by atoms with Crippen LogP contribution in [-0.4, -0.2) is 21.0 Å². The fraction of sp³-hybridized carbons (Fsp3) is 0.364. The molecule has 7 heteroatoms. The van der Waals surface area contributed by atoms with Crippen molar-refractivity contribution in [2.24, 2.45) is 5.73 Å². The van der Waals surface area contributed by atoms with Crippen molar-refractivity contribution < 1.29 is 8.42 Å². The Kier molecular flexibility index (Phi) is 6.88. The van der Waals surface area contributed by atoms with Gasteiger partial charge in [0.15, 0.2) is 0 Å². The summed E-state index contributed by atoms with van der Waals surface area (Å²) < 4.78 is 26.1. The molecule has 100 valence electrons. The van der Waals surface area contributed by atoms with Crippen molar-refractivity contribution in [1.29, 1.82) is 5.26 Å². The van der Waals surface area contributed by atoms with Crippen molar-refractivity contribution in [3.63, 3.8) is 0 Å². The van der Waals surface area contributed by atoms with E-state index < -0.39 is 10.0 Å². The van der Waals surface area contributed by atoms with Crippen LogP contribution in [0, 0.1) is 11.3 Å². The molecule has 0 radical (unpaired) electrons. The van der Waals surface area contributed by atoms with Crippen molar-refractivity contribution >= 4 is 22.4 Å². The van der Waals surface area contributed by atoms with Crippen LogP contribution in [0.15, 0.2) is 29.2 Å². The van der Waals surface area contributed by atoms with Gasteiger partial charge in [-0.25, -0.2) is 13.1 Å². The maximum Gasteiger partial charge on any atom is 0.240 e. The molecule has 1 atom stereocenters. The molecule has 0 aliphatic heterocycles. The molecule has 0 aliphatic rings. The van der Waals surface area contributed by atoms with E-state index in [2.05, 4.69) is 4.72 Å². The summed E-state index contributed by atoms with van der Waals surface area (Å²) in [5.41, 5.74) is 5.85. The summed E-state index contributed by atoms with van der Waals surface area (Å²) >= 11 is 0.